The quantitative estimate of drug-likeness (QED) is 0.844. The summed E-state index contributed by atoms with van der Waals surface area (Å²) in [4.78, 5) is 12.1. The number of rotatable bonds is 2. The number of fused-ring (bicyclic) bond motifs is 3. The molecule has 0 spiro atoms. The number of carbonyl (C=O) groups excluding carboxylic acids is 1. The Morgan fingerprint density at radius 3 is 2.63 bits per heavy atom. The number of anilines is 1. The molecule has 1 aromatic rings. The van der Waals surface area contributed by atoms with Crippen molar-refractivity contribution in [2.45, 2.75) is 12.3 Å². The van der Waals surface area contributed by atoms with E-state index in [2.05, 4.69) is 10.6 Å². The number of amides is 1. The van der Waals surface area contributed by atoms with E-state index < -0.39 is 0 Å². The summed E-state index contributed by atoms with van der Waals surface area (Å²) in [5, 5.41) is 6.25. The zero-order valence-electron chi connectivity index (χ0n) is 11.2. The van der Waals surface area contributed by atoms with Crippen molar-refractivity contribution in [1.29, 1.82) is 0 Å². The molecule has 3 rings (SSSR count). The van der Waals surface area contributed by atoms with Crippen LogP contribution in [0.1, 0.15) is 17.9 Å². The zero-order valence-corrected chi connectivity index (χ0v) is 11.2. The molecule has 1 amide bonds. The van der Waals surface area contributed by atoms with Crippen LogP contribution in [0, 0.1) is 5.92 Å². The van der Waals surface area contributed by atoms with Gasteiger partial charge in [0.25, 0.3) is 0 Å². The molecular weight excluding hydrogens is 244 g/mol. The molecule has 5 nitrogen and oxygen atoms in total. The first-order chi connectivity index (χ1) is 9.24. The Labute approximate surface area is 112 Å². The highest BCUT2D eigenvalue weighted by atomic mass is 16.5. The van der Waals surface area contributed by atoms with Crippen molar-refractivity contribution in [2.24, 2.45) is 5.92 Å². The van der Waals surface area contributed by atoms with Crippen LogP contribution in [0.25, 0.3) is 0 Å². The summed E-state index contributed by atoms with van der Waals surface area (Å²) in [6.45, 7) is 1.69. The predicted molar refractivity (Wildman–Crippen MR) is 71.9 cm³/mol. The molecule has 0 aliphatic carbocycles. The molecule has 2 unspecified atom stereocenters. The van der Waals surface area contributed by atoms with Gasteiger partial charge in [0.15, 0.2) is 11.5 Å². The molecule has 5 heteroatoms. The minimum absolute atomic E-state index is 0.0133. The highest BCUT2D eigenvalue weighted by Gasteiger charge is 2.38. The van der Waals surface area contributed by atoms with E-state index in [1.165, 1.54) is 0 Å². The molecule has 2 atom stereocenters. The van der Waals surface area contributed by atoms with Crippen LogP contribution in [-0.4, -0.2) is 33.2 Å². The molecule has 102 valence electrons. The van der Waals surface area contributed by atoms with E-state index >= 15 is 0 Å². The molecule has 2 N–H and O–H groups in total. The van der Waals surface area contributed by atoms with Crippen LogP contribution in [0.2, 0.25) is 0 Å². The Balaban J connectivity index is 2.08. The van der Waals surface area contributed by atoms with E-state index in [-0.39, 0.29) is 17.7 Å². The molecule has 19 heavy (non-hydrogen) atoms. The molecule has 2 aliphatic rings. The third kappa shape index (κ3) is 1.94. The van der Waals surface area contributed by atoms with Gasteiger partial charge in [0.05, 0.1) is 20.1 Å². The molecular formula is C14H18N2O3. The summed E-state index contributed by atoms with van der Waals surface area (Å²) >= 11 is 0. The molecule has 1 aromatic carbocycles. The highest BCUT2D eigenvalue weighted by molar-refractivity contribution is 5.97. The lowest BCUT2D eigenvalue weighted by molar-refractivity contribution is -0.121. The zero-order chi connectivity index (χ0) is 13.4. The maximum atomic E-state index is 12.1. The van der Waals surface area contributed by atoms with Crippen LogP contribution in [0.3, 0.4) is 0 Å². The first-order valence-corrected chi connectivity index (χ1v) is 6.52. The lowest BCUT2D eigenvalue weighted by Gasteiger charge is -2.37. The van der Waals surface area contributed by atoms with Crippen LogP contribution in [0.5, 0.6) is 11.5 Å². The SMILES string of the molecule is COc1cc2c(cc1OC)C1CCNCC1C(=O)N2. The molecule has 0 aromatic heterocycles. The molecule has 2 aliphatic heterocycles. The third-order valence-electron chi connectivity index (χ3n) is 4.03. The van der Waals surface area contributed by atoms with E-state index in [1.54, 1.807) is 14.2 Å². The number of ether oxygens (including phenoxy) is 2. The smallest absolute Gasteiger partial charge is 0.229 e. The second kappa shape index (κ2) is 4.74. The lowest BCUT2D eigenvalue weighted by atomic mass is 9.77. The van der Waals surface area contributed by atoms with Crippen LogP contribution in [0.4, 0.5) is 5.69 Å². The number of hydrogen-bond acceptors (Lipinski definition) is 4. The van der Waals surface area contributed by atoms with Gasteiger partial charge in [-0.05, 0) is 24.6 Å². The van der Waals surface area contributed by atoms with Crippen molar-refractivity contribution in [1.82, 2.24) is 5.32 Å². The molecule has 1 fully saturated rings. The van der Waals surface area contributed by atoms with Gasteiger partial charge in [0.1, 0.15) is 0 Å². The summed E-state index contributed by atoms with van der Waals surface area (Å²) in [5.41, 5.74) is 2.01. The average Bonchev–Trinajstić information content (AvgIpc) is 2.46. The van der Waals surface area contributed by atoms with E-state index in [0.29, 0.717) is 5.75 Å². The van der Waals surface area contributed by atoms with E-state index in [1.807, 2.05) is 12.1 Å². The average molecular weight is 262 g/mol. The predicted octanol–water partition coefficient (Wildman–Crippen LogP) is 1.35. The van der Waals surface area contributed by atoms with E-state index in [4.69, 9.17) is 9.47 Å². The number of benzene rings is 1. The van der Waals surface area contributed by atoms with Gasteiger partial charge in [-0.3, -0.25) is 4.79 Å². The van der Waals surface area contributed by atoms with Gasteiger partial charge in [-0.1, -0.05) is 0 Å². The Morgan fingerprint density at radius 1 is 1.16 bits per heavy atom. The standard InChI is InChI=1S/C14H18N2O3/c1-18-12-5-9-8-3-4-15-7-10(8)14(17)16-11(9)6-13(12)19-2/h5-6,8,10,15H,3-4,7H2,1-2H3,(H,16,17). The lowest BCUT2D eigenvalue weighted by Crippen LogP contribution is -2.44. The van der Waals surface area contributed by atoms with Crippen LogP contribution < -0.4 is 20.1 Å². The number of methoxy groups -OCH3 is 2. The maximum Gasteiger partial charge on any atom is 0.229 e. The van der Waals surface area contributed by atoms with Crippen LogP contribution in [-0.2, 0) is 4.79 Å². The second-order valence-corrected chi connectivity index (χ2v) is 4.99. The summed E-state index contributed by atoms with van der Waals surface area (Å²) in [6.07, 6.45) is 0.973. The summed E-state index contributed by atoms with van der Waals surface area (Å²) in [6, 6.07) is 3.85. The van der Waals surface area contributed by atoms with Crippen molar-refractivity contribution in [3.8, 4) is 11.5 Å². The molecule has 0 radical (unpaired) electrons. The van der Waals surface area contributed by atoms with Gasteiger partial charge in [-0.2, -0.15) is 0 Å². The van der Waals surface area contributed by atoms with Crippen molar-refractivity contribution in [3.63, 3.8) is 0 Å². The summed E-state index contributed by atoms with van der Waals surface area (Å²) in [5.74, 6) is 1.74. The second-order valence-electron chi connectivity index (χ2n) is 4.99. The summed E-state index contributed by atoms with van der Waals surface area (Å²) in [7, 11) is 3.23. The van der Waals surface area contributed by atoms with Gasteiger partial charge < -0.3 is 20.1 Å². The largest absolute Gasteiger partial charge is 0.493 e. The van der Waals surface area contributed by atoms with Gasteiger partial charge >= 0.3 is 0 Å². The van der Waals surface area contributed by atoms with Crippen LogP contribution >= 0.6 is 0 Å². The number of nitrogens with one attached hydrogen (secondary N) is 2. The number of carbonyl (C=O) groups is 1. The van der Waals surface area contributed by atoms with Gasteiger partial charge in [0.2, 0.25) is 5.91 Å². The Kier molecular flexibility index (Phi) is 3.06. The first-order valence-electron chi connectivity index (χ1n) is 6.52. The maximum absolute atomic E-state index is 12.1. The van der Waals surface area contributed by atoms with Gasteiger partial charge in [0, 0.05) is 24.2 Å². The number of piperidine rings is 1. The first kappa shape index (κ1) is 12.3. The third-order valence-corrected chi connectivity index (χ3v) is 4.03. The van der Waals surface area contributed by atoms with E-state index in [9.17, 15) is 4.79 Å². The fraction of sp³-hybridized carbons (Fsp3) is 0.500. The minimum atomic E-state index is 0.0133. The van der Waals surface area contributed by atoms with Crippen molar-refractivity contribution in [3.05, 3.63) is 17.7 Å². The van der Waals surface area contributed by atoms with Crippen molar-refractivity contribution in [2.75, 3.05) is 32.6 Å². The van der Waals surface area contributed by atoms with Crippen LogP contribution in [0.15, 0.2) is 12.1 Å². The van der Waals surface area contributed by atoms with Gasteiger partial charge in [-0.25, -0.2) is 0 Å². The normalized spacial score (nSPS) is 25.1. The van der Waals surface area contributed by atoms with Gasteiger partial charge in [-0.15, -0.1) is 0 Å². The van der Waals surface area contributed by atoms with E-state index in [0.717, 1.165) is 36.5 Å². The molecule has 0 saturated carbocycles. The fourth-order valence-corrected chi connectivity index (χ4v) is 3.04. The molecule has 1 saturated heterocycles. The Bertz CT molecular complexity index is 516. The minimum Gasteiger partial charge on any atom is -0.493 e. The molecule has 0 bridgehead atoms. The summed E-state index contributed by atoms with van der Waals surface area (Å²) < 4.78 is 10.6. The highest BCUT2D eigenvalue weighted by Crippen LogP contribution is 2.44. The fourth-order valence-electron chi connectivity index (χ4n) is 3.04. The number of hydrogen-bond donors (Lipinski definition) is 2. The van der Waals surface area contributed by atoms with Crippen molar-refractivity contribution < 1.29 is 14.3 Å². The Morgan fingerprint density at radius 2 is 1.89 bits per heavy atom. The topological polar surface area (TPSA) is 59.6 Å². The monoisotopic (exact) mass is 262 g/mol. The van der Waals surface area contributed by atoms with Crippen molar-refractivity contribution >= 4 is 11.6 Å². The molecule has 2 heterocycles. The Hall–Kier alpha value is -1.75.